The van der Waals surface area contributed by atoms with Crippen LogP contribution < -0.4 is 5.32 Å². The summed E-state index contributed by atoms with van der Waals surface area (Å²) in [6, 6.07) is 17.8. The van der Waals surface area contributed by atoms with Crippen molar-refractivity contribution in [3.63, 3.8) is 0 Å². The first-order valence-corrected chi connectivity index (χ1v) is 7.67. The molecular formula is C20H17FN2O. The van der Waals surface area contributed by atoms with Crippen LogP contribution in [-0.2, 0) is 6.54 Å². The van der Waals surface area contributed by atoms with Gasteiger partial charge in [0.15, 0.2) is 0 Å². The number of nitrogens with zero attached hydrogens (tertiary/aromatic N) is 1. The summed E-state index contributed by atoms with van der Waals surface area (Å²) in [4.78, 5) is 16.5. The molecule has 0 spiro atoms. The Morgan fingerprint density at radius 1 is 1.08 bits per heavy atom. The third-order valence-corrected chi connectivity index (χ3v) is 3.68. The Hall–Kier alpha value is -3.01. The fourth-order valence-corrected chi connectivity index (χ4v) is 2.43. The minimum Gasteiger partial charge on any atom is -0.348 e. The van der Waals surface area contributed by atoms with Gasteiger partial charge < -0.3 is 5.32 Å². The van der Waals surface area contributed by atoms with Crippen molar-refractivity contribution in [1.82, 2.24) is 10.3 Å². The first-order valence-electron chi connectivity index (χ1n) is 7.67. The second-order valence-corrected chi connectivity index (χ2v) is 5.61. The van der Waals surface area contributed by atoms with Gasteiger partial charge in [-0.3, -0.25) is 9.78 Å². The fraction of sp³-hybridized carbons (Fsp3) is 0.100. The number of halogens is 1. The van der Waals surface area contributed by atoms with E-state index in [9.17, 15) is 9.18 Å². The molecule has 4 heteroatoms. The predicted octanol–water partition coefficient (Wildman–Crippen LogP) is 4.13. The standard InChI is InChI=1S/C20H17FN2O/c1-14-4-2-6-16(10-14)19-9-8-17(13-22-19)20(24)23-12-15-5-3-7-18(21)11-15/h2-11,13H,12H2,1H3,(H,23,24). The minimum absolute atomic E-state index is 0.234. The van der Waals surface area contributed by atoms with Crippen molar-refractivity contribution in [3.8, 4) is 11.3 Å². The summed E-state index contributed by atoms with van der Waals surface area (Å²) >= 11 is 0. The highest BCUT2D eigenvalue weighted by atomic mass is 19.1. The van der Waals surface area contributed by atoms with Gasteiger partial charge in [0.25, 0.3) is 5.91 Å². The monoisotopic (exact) mass is 320 g/mol. The molecule has 3 aromatic rings. The van der Waals surface area contributed by atoms with Crippen LogP contribution in [0.25, 0.3) is 11.3 Å². The Kier molecular flexibility index (Phi) is 4.66. The first kappa shape index (κ1) is 15.9. The third kappa shape index (κ3) is 3.84. The van der Waals surface area contributed by atoms with Crippen LogP contribution in [0.2, 0.25) is 0 Å². The zero-order chi connectivity index (χ0) is 16.9. The summed E-state index contributed by atoms with van der Waals surface area (Å²) in [5, 5.41) is 2.77. The van der Waals surface area contributed by atoms with Crippen LogP contribution in [0.5, 0.6) is 0 Å². The average Bonchev–Trinajstić information content (AvgIpc) is 2.60. The van der Waals surface area contributed by atoms with Gasteiger partial charge in [-0.2, -0.15) is 0 Å². The highest BCUT2D eigenvalue weighted by Crippen LogP contribution is 2.18. The zero-order valence-corrected chi connectivity index (χ0v) is 13.3. The molecule has 1 aromatic heterocycles. The van der Waals surface area contributed by atoms with Crippen molar-refractivity contribution >= 4 is 5.91 Å². The van der Waals surface area contributed by atoms with Crippen LogP contribution in [0.3, 0.4) is 0 Å². The minimum atomic E-state index is -0.314. The number of aromatic nitrogens is 1. The van der Waals surface area contributed by atoms with Crippen molar-refractivity contribution in [2.45, 2.75) is 13.5 Å². The second kappa shape index (κ2) is 7.04. The van der Waals surface area contributed by atoms with E-state index in [4.69, 9.17) is 0 Å². The summed E-state index contributed by atoms with van der Waals surface area (Å²) < 4.78 is 13.1. The maximum Gasteiger partial charge on any atom is 0.253 e. The fourth-order valence-electron chi connectivity index (χ4n) is 2.43. The molecule has 0 saturated heterocycles. The van der Waals surface area contributed by atoms with Crippen LogP contribution in [0.4, 0.5) is 4.39 Å². The summed E-state index contributed by atoms with van der Waals surface area (Å²) in [5.74, 6) is -0.548. The lowest BCUT2D eigenvalue weighted by Crippen LogP contribution is -2.22. The number of nitrogens with one attached hydrogen (secondary N) is 1. The molecule has 0 fully saturated rings. The maximum atomic E-state index is 13.1. The molecule has 1 heterocycles. The number of hydrogen-bond acceptors (Lipinski definition) is 2. The molecule has 120 valence electrons. The number of aryl methyl sites for hydroxylation is 1. The molecule has 0 radical (unpaired) electrons. The van der Waals surface area contributed by atoms with Gasteiger partial charge in [0.05, 0.1) is 11.3 Å². The van der Waals surface area contributed by atoms with Gasteiger partial charge in [-0.1, -0.05) is 35.9 Å². The van der Waals surface area contributed by atoms with Gasteiger partial charge in [-0.05, 0) is 42.8 Å². The normalized spacial score (nSPS) is 10.4. The molecule has 0 aliphatic carbocycles. The Balaban J connectivity index is 1.68. The number of carbonyl (C=O) groups is 1. The van der Waals surface area contributed by atoms with Gasteiger partial charge >= 0.3 is 0 Å². The van der Waals surface area contributed by atoms with E-state index in [0.29, 0.717) is 11.1 Å². The summed E-state index contributed by atoms with van der Waals surface area (Å²) in [6.07, 6.45) is 1.55. The lowest BCUT2D eigenvalue weighted by atomic mass is 10.1. The smallest absolute Gasteiger partial charge is 0.253 e. The van der Waals surface area contributed by atoms with Crippen LogP contribution in [0.1, 0.15) is 21.5 Å². The largest absolute Gasteiger partial charge is 0.348 e. The van der Waals surface area contributed by atoms with E-state index >= 15 is 0 Å². The first-order chi connectivity index (χ1) is 11.6. The Morgan fingerprint density at radius 3 is 2.62 bits per heavy atom. The highest BCUT2D eigenvalue weighted by molar-refractivity contribution is 5.94. The molecule has 0 bridgehead atoms. The van der Waals surface area contributed by atoms with Gasteiger partial charge in [0, 0.05) is 18.3 Å². The number of benzene rings is 2. The number of rotatable bonds is 4. The van der Waals surface area contributed by atoms with Crippen LogP contribution in [0.15, 0.2) is 66.9 Å². The van der Waals surface area contributed by atoms with Crippen molar-refractivity contribution < 1.29 is 9.18 Å². The summed E-state index contributed by atoms with van der Waals surface area (Å²) in [6.45, 7) is 2.30. The zero-order valence-electron chi connectivity index (χ0n) is 13.3. The van der Waals surface area contributed by atoms with Crippen LogP contribution >= 0.6 is 0 Å². The quantitative estimate of drug-likeness (QED) is 0.785. The Labute approximate surface area is 140 Å². The molecule has 1 amide bonds. The predicted molar refractivity (Wildman–Crippen MR) is 92.0 cm³/mol. The lowest BCUT2D eigenvalue weighted by molar-refractivity contribution is 0.0950. The van der Waals surface area contributed by atoms with E-state index in [1.807, 2.05) is 37.3 Å². The van der Waals surface area contributed by atoms with Gasteiger partial charge in [0.1, 0.15) is 5.82 Å². The van der Waals surface area contributed by atoms with E-state index < -0.39 is 0 Å². The van der Waals surface area contributed by atoms with E-state index in [1.165, 1.54) is 12.1 Å². The highest BCUT2D eigenvalue weighted by Gasteiger charge is 2.07. The molecule has 1 N–H and O–H groups in total. The lowest BCUT2D eigenvalue weighted by Gasteiger charge is -2.07. The van der Waals surface area contributed by atoms with Crippen molar-refractivity contribution in [2.75, 3.05) is 0 Å². The molecule has 0 unspecified atom stereocenters. The van der Waals surface area contributed by atoms with E-state index in [0.717, 1.165) is 16.8 Å². The van der Waals surface area contributed by atoms with E-state index in [2.05, 4.69) is 10.3 Å². The molecule has 3 nitrogen and oxygen atoms in total. The molecule has 3 rings (SSSR count). The molecule has 0 aliphatic rings. The number of hydrogen-bond donors (Lipinski definition) is 1. The van der Waals surface area contributed by atoms with Crippen LogP contribution in [0, 0.1) is 12.7 Å². The number of pyridine rings is 1. The molecule has 2 aromatic carbocycles. The average molecular weight is 320 g/mol. The SMILES string of the molecule is Cc1cccc(-c2ccc(C(=O)NCc3cccc(F)c3)cn2)c1. The molecule has 0 atom stereocenters. The van der Waals surface area contributed by atoms with E-state index in [-0.39, 0.29) is 18.3 Å². The number of amides is 1. The van der Waals surface area contributed by atoms with Gasteiger partial charge in [-0.25, -0.2) is 4.39 Å². The summed E-state index contributed by atoms with van der Waals surface area (Å²) in [7, 11) is 0. The summed E-state index contributed by atoms with van der Waals surface area (Å²) in [5.41, 5.74) is 4.18. The topological polar surface area (TPSA) is 42.0 Å². The Bertz CT molecular complexity index is 860. The molecule has 0 saturated carbocycles. The molecule has 24 heavy (non-hydrogen) atoms. The van der Waals surface area contributed by atoms with Crippen molar-refractivity contribution in [2.24, 2.45) is 0 Å². The number of carbonyl (C=O) groups excluding carboxylic acids is 1. The van der Waals surface area contributed by atoms with Crippen LogP contribution in [-0.4, -0.2) is 10.9 Å². The molecule has 0 aliphatic heterocycles. The third-order valence-electron chi connectivity index (χ3n) is 3.68. The maximum absolute atomic E-state index is 13.1. The molecular weight excluding hydrogens is 303 g/mol. The van der Waals surface area contributed by atoms with Gasteiger partial charge in [0.2, 0.25) is 0 Å². The van der Waals surface area contributed by atoms with Crippen molar-refractivity contribution in [1.29, 1.82) is 0 Å². The van der Waals surface area contributed by atoms with Crippen molar-refractivity contribution in [3.05, 3.63) is 89.4 Å². The van der Waals surface area contributed by atoms with Gasteiger partial charge in [-0.15, -0.1) is 0 Å². The second-order valence-electron chi connectivity index (χ2n) is 5.61. The Morgan fingerprint density at radius 2 is 1.92 bits per heavy atom. The van der Waals surface area contributed by atoms with E-state index in [1.54, 1.807) is 24.4 Å².